The molecule has 15 heavy (non-hydrogen) atoms. The first-order chi connectivity index (χ1) is 7.10. The summed E-state index contributed by atoms with van der Waals surface area (Å²) in [5.41, 5.74) is 0. The van der Waals surface area contributed by atoms with Crippen LogP contribution in [-0.4, -0.2) is 30.2 Å². The van der Waals surface area contributed by atoms with Crippen molar-refractivity contribution < 1.29 is 9.53 Å². The molecule has 0 aromatic heterocycles. The first kappa shape index (κ1) is 14.3. The zero-order chi connectivity index (χ0) is 11.7. The van der Waals surface area contributed by atoms with Gasteiger partial charge in [-0.15, -0.1) is 23.6 Å². The fourth-order valence-corrected chi connectivity index (χ4v) is 2.01. The lowest BCUT2D eigenvalue weighted by molar-refractivity contribution is -0.119. The van der Waals surface area contributed by atoms with Crippen molar-refractivity contribution in [2.75, 3.05) is 12.9 Å². The molecular formula is C11H19NO2S. The van der Waals surface area contributed by atoms with Gasteiger partial charge >= 0.3 is 0 Å². The minimum Gasteiger partial charge on any atom is -0.380 e. The van der Waals surface area contributed by atoms with Crippen LogP contribution < -0.4 is 5.32 Å². The summed E-state index contributed by atoms with van der Waals surface area (Å²) in [6.45, 7) is 5.30. The van der Waals surface area contributed by atoms with E-state index in [-0.39, 0.29) is 17.4 Å². The zero-order valence-corrected chi connectivity index (χ0v) is 10.6. The van der Waals surface area contributed by atoms with Gasteiger partial charge in [-0.05, 0) is 13.8 Å². The molecule has 0 radical (unpaired) electrons. The number of carbonyl (C=O) groups excluding carboxylic acids is 1. The van der Waals surface area contributed by atoms with Crippen molar-refractivity contribution in [1.29, 1.82) is 0 Å². The summed E-state index contributed by atoms with van der Waals surface area (Å²) in [5, 5.41) is 2.93. The zero-order valence-electron chi connectivity index (χ0n) is 9.79. The molecule has 2 atom stereocenters. The lowest BCUT2D eigenvalue weighted by Crippen LogP contribution is -2.29. The summed E-state index contributed by atoms with van der Waals surface area (Å²) in [6, 6.07) is 0. The van der Waals surface area contributed by atoms with Crippen molar-refractivity contribution >= 4 is 17.7 Å². The van der Waals surface area contributed by atoms with Crippen LogP contribution in [0.4, 0.5) is 0 Å². The third kappa shape index (κ3) is 8.34. The van der Waals surface area contributed by atoms with Crippen LogP contribution >= 0.6 is 11.8 Å². The predicted molar refractivity (Wildman–Crippen MR) is 64.6 cm³/mol. The normalized spacial score (nSPS) is 13.6. The van der Waals surface area contributed by atoms with E-state index in [0.29, 0.717) is 0 Å². The molecule has 3 nitrogen and oxygen atoms in total. The van der Waals surface area contributed by atoms with E-state index < -0.39 is 0 Å². The van der Waals surface area contributed by atoms with Crippen molar-refractivity contribution in [2.24, 2.45) is 0 Å². The number of amides is 1. The second-order valence-corrected chi connectivity index (χ2v) is 4.54. The Morgan fingerprint density at radius 3 is 2.73 bits per heavy atom. The highest BCUT2D eigenvalue weighted by molar-refractivity contribution is 7.99. The van der Waals surface area contributed by atoms with Crippen LogP contribution in [0.1, 0.15) is 27.2 Å². The lowest BCUT2D eigenvalue weighted by Gasteiger charge is -2.16. The highest BCUT2D eigenvalue weighted by atomic mass is 32.2. The van der Waals surface area contributed by atoms with Gasteiger partial charge in [-0.3, -0.25) is 4.79 Å². The second-order valence-electron chi connectivity index (χ2n) is 3.16. The maximum absolute atomic E-state index is 10.8. The van der Waals surface area contributed by atoms with Crippen molar-refractivity contribution in [3.05, 3.63) is 0 Å². The third-order valence-corrected chi connectivity index (χ3v) is 2.96. The van der Waals surface area contributed by atoms with E-state index in [0.717, 1.165) is 12.2 Å². The molecule has 0 rings (SSSR count). The van der Waals surface area contributed by atoms with Crippen LogP contribution in [0.2, 0.25) is 0 Å². The Bertz CT molecular complexity index is 245. The number of carbonyl (C=O) groups is 1. The SMILES string of the molecule is CC#CC[C@@H](CS[C@@H](C)NC(C)=O)OC. The molecule has 0 bridgehead atoms. The van der Waals surface area contributed by atoms with E-state index in [2.05, 4.69) is 17.2 Å². The summed E-state index contributed by atoms with van der Waals surface area (Å²) in [4.78, 5) is 10.8. The van der Waals surface area contributed by atoms with Crippen LogP contribution in [0.5, 0.6) is 0 Å². The van der Waals surface area contributed by atoms with Gasteiger partial charge in [-0.2, -0.15) is 0 Å². The molecule has 0 spiro atoms. The number of rotatable bonds is 6. The van der Waals surface area contributed by atoms with E-state index in [1.54, 1.807) is 18.9 Å². The molecular weight excluding hydrogens is 210 g/mol. The molecule has 0 aliphatic carbocycles. The Balaban J connectivity index is 3.77. The highest BCUT2D eigenvalue weighted by Crippen LogP contribution is 2.12. The Kier molecular flexibility index (Phi) is 8.25. The van der Waals surface area contributed by atoms with Gasteiger partial charge in [0.2, 0.25) is 5.91 Å². The molecule has 0 fully saturated rings. The minimum atomic E-state index is -0.00248. The molecule has 0 aromatic rings. The van der Waals surface area contributed by atoms with Crippen LogP contribution in [0.15, 0.2) is 0 Å². The topological polar surface area (TPSA) is 38.3 Å². The van der Waals surface area contributed by atoms with Crippen molar-refractivity contribution in [3.63, 3.8) is 0 Å². The molecule has 1 amide bonds. The summed E-state index contributed by atoms with van der Waals surface area (Å²) in [5.74, 6) is 6.67. The molecule has 0 saturated carbocycles. The fraction of sp³-hybridized carbons (Fsp3) is 0.727. The Morgan fingerprint density at radius 2 is 2.27 bits per heavy atom. The van der Waals surface area contributed by atoms with Gasteiger partial charge in [0.15, 0.2) is 0 Å². The van der Waals surface area contributed by atoms with Crippen LogP contribution in [0.25, 0.3) is 0 Å². The Labute approximate surface area is 96.3 Å². The summed E-state index contributed by atoms with van der Waals surface area (Å²) >= 11 is 1.66. The number of thioether (sulfide) groups is 1. The molecule has 0 heterocycles. The number of methoxy groups -OCH3 is 1. The monoisotopic (exact) mass is 229 g/mol. The minimum absolute atomic E-state index is 0.00248. The molecule has 4 heteroatoms. The van der Waals surface area contributed by atoms with Crippen LogP contribution in [-0.2, 0) is 9.53 Å². The average molecular weight is 229 g/mol. The molecule has 0 unspecified atom stereocenters. The molecule has 1 N–H and O–H groups in total. The standard InChI is InChI=1S/C11H19NO2S/c1-5-6-7-11(14-4)8-15-10(3)12-9(2)13/h10-11H,7-8H2,1-4H3,(H,12,13)/t10-,11-/m0/s1. The van der Waals surface area contributed by atoms with Gasteiger partial charge in [-0.25, -0.2) is 0 Å². The summed E-state index contributed by atoms with van der Waals surface area (Å²) < 4.78 is 5.27. The van der Waals surface area contributed by atoms with E-state index in [4.69, 9.17) is 4.74 Å². The highest BCUT2D eigenvalue weighted by Gasteiger charge is 2.09. The number of hydrogen-bond donors (Lipinski definition) is 1. The number of nitrogens with one attached hydrogen (secondary N) is 1. The van der Waals surface area contributed by atoms with E-state index in [1.165, 1.54) is 6.92 Å². The van der Waals surface area contributed by atoms with Gasteiger partial charge in [0.1, 0.15) is 0 Å². The van der Waals surface area contributed by atoms with Gasteiger partial charge in [0, 0.05) is 26.2 Å². The Morgan fingerprint density at radius 1 is 1.60 bits per heavy atom. The van der Waals surface area contributed by atoms with Gasteiger partial charge in [0.25, 0.3) is 0 Å². The number of ether oxygens (including phenoxy) is 1. The molecule has 0 aromatic carbocycles. The Hall–Kier alpha value is -0.660. The predicted octanol–water partition coefficient (Wildman–Crippen LogP) is 1.63. The van der Waals surface area contributed by atoms with Gasteiger partial charge in [-0.1, -0.05) is 0 Å². The van der Waals surface area contributed by atoms with Crippen molar-refractivity contribution in [1.82, 2.24) is 5.32 Å². The molecule has 0 aliphatic rings. The average Bonchev–Trinajstić information content (AvgIpc) is 2.17. The second kappa shape index (κ2) is 8.63. The summed E-state index contributed by atoms with van der Waals surface area (Å²) in [6.07, 6.45) is 0.880. The third-order valence-electron chi connectivity index (χ3n) is 1.78. The maximum atomic E-state index is 10.8. The molecule has 0 saturated heterocycles. The van der Waals surface area contributed by atoms with Gasteiger partial charge in [0.05, 0.1) is 11.5 Å². The lowest BCUT2D eigenvalue weighted by atomic mass is 10.3. The van der Waals surface area contributed by atoms with Crippen LogP contribution in [0.3, 0.4) is 0 Å². The van der Waals surface area contributed by atoms with Crippen LogP contribution in [0, 0.1) is 11.8 Å². The fourth-order valence-electron chi connectivity index (χ4n) is 1.01. The quantitative estimate of drug-likeness (QED) is 0.556. The largest absolute Gasteiger partial charge is 0.380 e. The van der Waals surface area contributed by atoms with Crippen molar-refractivity contribution in [3.8, 4) is 11.8 Å². The number of hydrogen-bond acceptors (Lipinski definition) is 3. The van der Waals surface area contributed by atoms with E-state index >= 15 is 0 Å². The first-order valence-electron chi connectivity index (χ1n) is 4.91. The first-order valence-corrected chi connectivity index (χ1v) is 5.96. The van der Waals surface area contributed by atoms with E-state index in [9.17, 15) is 4.79 Å². The summed E-state index contributed by atoms with van der Waals surface area (Å²) in [7, 11) is 1.69. The van der Waals surface area contributed by atoms with E-state index in [1.807, 2.05) is 13.8 Å². The van der Waals surface area contributed by atoms with Crippen molar-refractivity contribution in [2.45, 2.75) is 38.7 Å². The van der Waals surface area contributed by atoms with Gasteiger partial charge < -0.3 is 10.1 Å². The molecule has 0 aliphatic heterocycles. The molecule has 86 valence electrons. The smallest absolute Gasteiger partial charge is 0.217 e. The maximum Gasteiger partial charge on any atom is 0.217 e.